The third-order valence-corrected chi connectivity index (χ3v) is 6.10. The first kappa shape index (κ1) is 25.0. The van der Waals surface area contributed by atoms with Crippen LogP contribution in [0.4, 0.5) is 17.1 Å². The minimum Gasteiger partial charge on any atom is -0.508 e. The van der Waals surface area contributed by atoms with Gasteiger partial charge in [0.15, 0.2) is 0 Å². The first-order valence-corrected chi connectivity index (χ1v) is 11.7. The van der Waals surface area contributed by atoms with Gasteiger partial charge in [0.25, 0.3) is 5.91 Å². The number of aliphatic hydroxyl groups excluding tert-OH is 1. The molecule has 2 N–H and O–H groups in total. The molecule has 0 bridgehead atoms. The van der Waals surface area contributed by atoms with Crippen molar-refractivity contribution in [2.24, 2.45) is 0 Å². The second-order valence-corrected chi connectivity index (χ2v) is 9.00. The Hall–Kier alpha value is -4.06. The number of hydrogen-bond donors (Lipinski definition) is 2. The topological polar surface area (TPSA) is 65.5 Å². The summed E-state index contributed by atoms with van der Waals surface area (Å²) in [6.45, 7) is 7.79. The summed E-state index contributed by atoms with van der Waals surface area (Å²) in [5, 5.41) is 14.1. The number of aromatic nitrogens is 1. The number of anilines is 3. The largest absolute Gasteiger partial charge is 0.508 e. The van der Waals surface area contributed by atoms with Gasteiger partial charge in [0.2, 0.25) is 0 Å². The summed E-state index contributed by atoms with van der Waals surface area (Å²) in [5.41, 5.74) is 5.00. The van der Waals surface area contributed by atoms with Crippen LogP contribution in [0.5, 0.6) is 0 Å². The van der Waals surface area contributed by atoms with Gasteiger partial charge in [0, 0.05) is 45.2 Å². The van der Waals surface area contributed by atoms with Crippen LogP contribution in [0.25, 0.3) is 11.3 Å². The minimum atomic E-state index is -0.359. The van der Waals surface area contributed by atoms with Crippen molar-refractivity contribution >= 4 is 57.5 Å². The lowest BCUT2D eigenvalue weighted by Crippen LogP contribution is -2.13. The van der Waals surface area contributed by atoms with Gasteiger partial charge in [-0.15, -0.1) is 0 Å². The summed E-state index contributed by atoms with van der Waals surface area (Å²) < 4.78 is 0. The van der Waals surface area contributed by atoms with Crippen molar-refractivity contribution in [2.75, 3.05) is 17.3 Å². The number of nitrogens with one attached hydrogen (secondary N) is 1. The number of pyridine rings is 1. The molecule has 4 rings (SSSR count). The van der Waals surface area contributed by atoms with Crippen LogP contribution >= 0.6 is 23.2 Å². The number of carbonyl (C=O) groups is 1. The van der Waals surface area contributed by atoms with Crippen LogP contribution in [0.15, 0.2) is 98.2 Å². The molecule has 0 unspecified atom stereocenters. The van der Waals surface area contributed by atoms with Crippen molar-refractivity contribution in [3.05, 3.63) is 131 Å². The molecule has 1 aromatic heterocycles. The standard InChI is InChI=1S/C29H23Cl2N3O2/c1-18(28-12-11-27(17-32-28)34(3)26-9-7-23(30)8-10-26)20-13-21(19(2)35)15-22(14-20)29(36)33-25-6-4-5-24(31)16-25/h4-17,35H,1-2H2,3H3,(H,33,36). The third-order valence-electron chi connectivity index (χ3n) is 5.62. The molecule has 0 aliphatic heterocycles. The molecule has 36 heavy (non-hydrogen) atoms. The highest BCUT2D eigenvalue weighted by Gasteiger charge is 2.14. The molecular weight excluding hydrogens is 493 g/mol. The fourth-order valence-electron chi connectivity index (χ4n) is 3.59. The molecule has 0 spiro atoms. The monoisotopic (exact) mass is 515 g/mol. The number of amides is 1. The number of nitrogens with zero attached hydrogens (tertiary/aromatic N) is 2. The Bertz CT molecular complexity index is 1450. The van der Waals surface area contributed by atoms with E-state index in [0.29, 0.717) is 43.7 Å². The van der Waals surface area contributed by atoms with E-state index in [0.717, 1.165) is 11.4 Å². The first-order valence-electron chi connectivity index (χ1n) is 11.0. The predicted octanol–water partition coefficient (Wildman–Crippen LogP) is 8.00. The average Bonchev–Trinajstić information content (AvgIpc) is 2.88. The van der Waals surface area contributed by atoms with Gasteiger partial charge in [-0.1, -0.05) is 42.4 Å². The molecule has 0 atom stereocenters. The van der Waals surface area contributed by atoms with Crippen molar-refractivity contribution in [1.29, 1.82) is 0 Å². The van der Waals surface area contributed by atoms with Gasteiger partial charge in [-0.05, 0) is 78.4 Å². The highest BCUT2D eigenvalue weighted by Crippen LogP contribution is 2.28. The van der Waals surface area contributed by atoms with E-state index >= 15 is 0 Å². The molecular formula is C29H23Cl2N3O2. The number of rotatable bonds is 7. The summed E-state index contributed by atoms with van der Waals surface area (Å²) in [6.07, 6.45) is 1.75. The first-order chi connectivity index (χ1) is 17.2. The van der Waals surface area contributed by atoms with E-state index in [9.17, 15) is 9.90 Å². The van der Waals surface area contributed by atoms with E-state index < -0.39 is 0 Å². The van der Waals surface area contributed by atoms with Crippen LogP contribution in [0.3, 0.4) is 0 Å². The number of carbonyl (C=O) groups excluding carboxylic acids is 1. The highest BCUT2D eigenvalue weighted by atomic mass is 35.5. The number of aliphatic hydroxyl groups is 1. The molecule has 1 amide bonds. The van der Waals surface area contributed by atoms with Crippen LogP contribution in [0.1, 0.15) is 27.2 Å². The van der Waals surface area contributed by atoms with Crippen molar-refractivity contribution in [1.82, 2.24) is 4.98 Å². The molecule has 3 aromatic carbocycles. The molecule has 0 fully saturated rings. The van der Waals surface area contributed by atoms with Gasteiger partial charge in [-0.3, -0.25) is 9.78 Å². The Balaban J connectivity index is 1.60. The highest BCUT2D eigenvalue weighted by molar-refractivity contribution is 6.31. The predicted molar refractivity (Wildman–Crippen MR) is 149 cm³/mol. The summed E-state index contributed by atoms with van der Waals surface area (Å²) >= 11 is 12.0. The Labute approximate surface area is 220 Å². The van der Waals surface area contributed by atoms with Crippen molar-refractivity contribution in [2.45, 2.75) is 0 Å². The summed E-state index contributed by atoms with van der Waals surface area (Å²) in [6, 6.07) is 23.2. The molecule has 0 saturated carbocycles. The average molecular weight is 516 g/mol. The summed E-state index contributed by atoms with van der Waals surface area (Å²) in [5.74, 6) is -0.517. The molecule has 5 nitrogen and oxygen atoms in total. The summed E-state index contributed by atoms with van der Waals surface area (Å²) in [4.78, 5) is 19.5. The van der Waals surface area contributed by atoms with Gasteiger partial charge in [0.1, 0.15) is 5.76 Å². The molecule has 0 saturated heterocycles. The van der Waals surface area contributed by atoms with Crippen LogP contribution in [-0.4, -0.2) is 23.0 Å². The smallest absolute Gasteiger partial charge is 0.255 e. The lowest BCUT2D eigenvalue weighted by molar-refractivity contribution is 0.102. The van der Waals surface area contributed by atoms with Crippen molar-refractivity contribution < 1.29 is 9.90 Å². The molecule has 0 aliphatic rings. The quantitative estimate of drug-likeness (QED) is 0.244. The minimum absolute atomic E-state index is 0.158. The fourth-order valence-corrected chi connectivity index (χ4v) is 3.91. The third kappa shape index (κ3) is 5.77. The molecule has 180 valence electrons. The van der Waals surface area contributed by atoms with Crippen LogP contribution in [0, 0.1) is 0 Å². The van der Waals surface area contributed by atoms with Crippen LogP contribution < -0.4 is 10.2 Å². The Morgan fingerprint density at radius 1 is 0.861 bits per heavy atom. The van der Waals surface area contributed by atoms with Crippen LogP contribution in [0.2, 0.25) is 10.0 Å². The van der Waals surface area contributed by atoms with Crippen molar-refractivity contribution in [3.8, 4) is 0 Å². The van der Waals surface area contributed by atoms with Crippen LogP contribution in [-0.2, 0) is 0 Å². The zero-order chi connectivity index (χ0) is 25.8. The van der Waals surface area contributed by atoms with E-state index in [4.69, 9.17) is 23.2 Å². The Kier molecular flexibility index (Phi) is 7.44. The number of halogens is 2. The van der Waals surface area contributed by atoms with E-state index in [-0.39, 0.29) is 11.7 Å². The van der Waals surface area contributed by atoms with E-state index in [1.165, 1.54) is 0 Å². The second kappa shape index (κ2) is 10.7. The molecule has 1 heterocycles. The Morgan fingerprint density at radius 2 is 1.53 bits per heavy atom. The second-order valence-electron chi connectivity index (χ2n) is 8.13. The SMILES string of the molecule is C=C(O)c1cc(C(=C)c2ccc(N(C)c3ccc(Cl)cc3)cn2)cc(C(=O)Nc2cccc(Cl)c2)c1. The molecule has 0 aliphatic carbocycles. The maximum Gasteiger partial charge on any atom is 0.255 e. The van der Waals surface area contributed by atoms with E-state index in [1.807, 2.05) is 48.3 Å². The normalized spacial score (nSPS) is 10.5. The van der Waals surface area contributed by atoms with Gasteiger partial charge in [-0.25, -0.2) is 0 Å². The molecule has 4 aromatic rings. The zero-order valence-corrected chi connectivity index (χ0v) is 21.0. The van der Waals surface area contributed by atoms with Gasteiger partial charge < -0.3 is 15.3 Å². The van der Waals surface area contributed by atoms with E-state index in [1.54, 1.807) is 48.7 Å². The van der Waals surface area contributed by atoms with Gasteiger partial charge in [0.05, 0.1) is 17.6 Å². The lowest BCUT2D eigenvalue weighted by Gasteiger charge is -2.19. The maximum atomic E-state index is 13.0. The zero-order valence-electron chi connectivity index (χ0n) is 19.5. The number of benzene rings is 3. The Morgan fingerprint density at radius 3 is 2.17 bits per heavy atom. The molecule has 7 heteroatoms. The lowest BCUT2D eigenvalue weighted by atomic mass is 9.97. The van der Waals surface area contributed by atoms with Gasteiger partial charge in [-0.2, -0.15) is 0 Å². The fraction of sp³-hybridized carbons (Fsp3) is 0.0345. The summed E-state index contributed by atoms with van der Waals surface area (Å²) in [7, 11) is 1.94. The van der Waals surface area contributed by atoms with Crippen molar-refractivity contribution in [3.63, 3.8) is 0 Å². The maximum absolute atomic E-state index is 13.0. The molecule has 0 radical (unpaired) electrons. The van der Waals surface area contributed by atoms with E-state index in [2.05, 4.69) is 23.5 Å². The van der Waals surface area contributed by atoms with Gasteiger partial charge >= 0.3 is 0 Å². The number of hydrogen-bond acceptors (Lipinski definition) is 4.